The zero-order chi connectivity index (χ0) is 29.6. The molecule has 2 amide bonds. The number of hydrogen-bond acceptors (Lipinski definition) is 7. The molecule has 204 valence electrons. The molecule has 2 aromatic heterocycles. The van der Waals surface area contributed by atoms with Crippen LogP contribution in [0.4, 0.5) is 5.82 Å². The number of anilines is 1. The minimum atomic E-state index is -0.798. The van der Waals surface area contributed by atoms with Crippen molar-refractivity contribution in [1.82, 2.24) is 14.5 Å². The summed E-state index contributed by atoms with van der Waals surface area (Å²) in [7, 11) is 0. The van der Waals surface area contributed by atoms with E-state index in [0.29, 0.717) is 16.8 Å². The Balaban J connectivity index is 1.65. The molecule has 3 heterocycles. The number of aromatic amines is 1. The first-order valence-electron chi connectivity index (χ1n) is 12.9. The number of nitrogens with zero attached hydrogens (tertiary/aromatic N) is 4. The van der Waals surface area contributed by atoms with E-state index >= 15 is 0 Å². The van der Waals surface area contributed by atoms with Gasteiger partial charge < -0.3 is 0 Å². The molecule has 0 spiro atoms. The van der Waals surface area contributed by atoms with E-state index in [9.17, 15) is 29.2 Å². The van der Waals surface area contributed by atoms with E-state index in [1.165, 1.54) is 16.7 Å². The maximum Gasteiger partial charge on any atom is 0.329 e. The van der Waals surface area contributed by atoms with Gasteiger partial charge in [0.25, 0.3) is 17.4 Å². The Labute approximate surface area is 234 Å². The summed E-state index contributed by atoms with van der Waals surface area (Å²) in [5.41, 5.74) is 1.15. The lowest BCUT2D eigenvalue weighted by atomic mass is 9.95. The Morgan fingerprint density at radius 3 is 2.24 bits per heavy atom. The third-order valence-electron chi connectivity index (χ3n) is 6.86. The predicted octanol–water partition coefficient (Wildman–Crippen LogP) is 3.62. The van der Waals surface area contributed by atoms with Crippen molar-refractivity contribution in [2.45, 2.75) is 40.2 Å². The van der Waals surface area contributed by atoms with Crippen molar-refractivity contribution in [3.63, 3.8) is 0 Å². The molecule has 0 unspecified atom stereocenters. The van der Waals surface area contributed by atoms with Gasteiger partial charge in [0.15, 0.2) is 0 Å². The maximum absolute atomic E-state index is 13.9. The van der Waals surface area contributed by atoms with Crippen LogP contribution in [0.25, 0.3) is 0 Å². The van der Waals surface area contributed by atoms with Gasteiger partial charge in [0.2, 0.25) is 5.78 Å². The van der Waals surface area contributed by atoms with Gasteiger partial charge in [-0.2, -0.15) is 5.26 Å². The normalized spacial score (nSPS) is 12.5. The molecule has 0 atom stereocenters. The average molecular weight is 548 g/mol. The van der Waals surface area contributed by atoms with Crippen LogP contribution < -0.4 is 16.1 Å². The Hall–Kier alpha value is -5.43. The van der Waals surface area contributed by atoms with E-state index in [4.69, 9.17) is 0 Å². The zero-order valence-corrected chi connectivity index (χ0v) is 22.8. The van der Waals surface area contributed by atoms with E-state index in [1.54, 1.807) is 70.2 Å². The molecule has 0 bridgehead atoms. The summed E-state index contributed by atoms with van der Waals surface area (Å²) in [5, 5.41) is 9.43. The van der Waals surface area contributed by atoms with Crippen molar-refractivity contribution in [2.24, 2.45) is 0 Å². The van der Waals surface area contributed by atoms with Crippen LogP contribution in [0.1, 0.15) is 84.5 Å². The lowest BCUT2D eigenvalue weighted by Gasteiger charge is -2.19. The third-order valence-corrected chi connectivity index (χ3v) is 6.86. The molecule has 1 aliphatic heterocycles. The third kappa shape index (κ3) is 4.78. The Kier molecular flexibility index (Phi) is 6.81. The molecule has 10 nitrogen and oxygen atoms in total. The fraction of sp³-hybridized carbons (Fsp3) is 0.194. The van der Waals surface area contributed by atoms with Crippen LogP contribution >= 0.6 is 0 Å². The lowest BCUT2D eigenvalue weighted by Crippen LogP contribution is -2.38. The number of aromatic nitrogens is 3. The molecular formula is C31H25N5O5. The molecule has 0 saturated carbocycles. The molecule has 1 aliphatic rings. The smallest absolute Gasteiger partial charge is 0.287 e. The molecule has 0 aliphatic carbocycles. The van der Waals surface area contributed by atoms with E-state index in [0.717, 1.165) is 4.90 Å². The number of imide groups is 1. The molecule has 1 N–H and O–H groups in total. The number of carbonyl (C=O) groups is 3. The fourth-order valence-corrected chi connectivity index (χ4v) is 5.14. The molecule has 0 fully saturated rings. The van der Waals surface area contributed by atoms with Gasteiger partial charge >= 0.3 is 5.69 Å². The quantitative estimate of drug-likeness (QED) is 0.286. The summed E-state index contributed by atoms with van der Waals surface area (Å²) < 4.78 is 1.17. The number of nitrogens with one attached hydrogen (secondary N) is 1. The van der Waals surface area contributed by atoms with Crippen molar-refractivity contribution in [3.05, 3.63) is 126 Å². The molecule has 10 heteroatoms. The van der Waals surface area contributed by atoms with Crippen molar-refractivity contribution in [2.75, 3.05) is 4.90 Å². The Morgan fingerprint density at radius 1 is 0.976 bits per heavy atom. The SMILES string of the molecule is Cc1cc(C#N)cc(C(=O)c2c(C(C)C)c(=O)[nH]c(=O)n2Cc2cc(C)nc(N3C(=O)c4ccccc4C3=O)c2)c1. The van der Waals surface area contributed by atoms with Gasteiger partial charge in [-0.3, -0.25) is 28.7 Å². The second-order valence-corrected chi connectivity index (χ2v) is 10.3. The number of ketones is 1. The van der Waals surface area contributed by atoms with Crippen LogP contribution in [-0.2, 0) is 6.54 Å². The summed E-state index contributed by atoms with van der Waals surface area (Å²) in [6.45, 7) is 6.75. The molecular weight excluding hydrogens is 522 g/mol. The van der Waals surface area contributed by atoms with Gasteiger partial charge in [-0.05, 0) is 73.4 Å². The average Bonchev–Trinajstić information content (AvgIpc) is 3.18. The number of hydrogen-bond donors (Lipinski definition) is 1. The Morgan fingerprint density at radius 2 is 1.63 bits per heavy atom. The lowest BCUT2D eigenvalue weighted by molar-refractivity contribution is 0.0924. The number of rotatable bonds is 6. The second-order valence-electron chi connectivity index (χ2n) is 10.3. The van der Waals surface area contributed by atoms with E-state index < -0.39 is 34.8 Å². The summed E-state index contributed by atoms with van der Waals surface area (Å²) >= 11 is 0. The van der Waals surface area contributed by atoms with Crippen LogP contribution in [0.3, 0.4) is 0 Å². The molecule has 0 radical (unpaired) electrons. The highest BCUT2D eigenvalue weighted by atomic mass is 16.2. The monoisotopic (exact) mass is 547 g/mol. The van der Waals surface area contributed by atoms with Gasteiger partial charge in [-0.15, -0.1) is 0 Å². The Bertz CT molecular complexity index is 1910. The summed E-state index contributed by atoms with van der Waals surface area (Å²) in [5.74, 6) is -1.94. The van der Waals surface area contributed by atoms with Crippen LogP contribution in [-0.4, -0.2) is 32.1 Å². The molecule has 5 rings (SSSR count). The van der Waals surface area contributed by atoms with Crippen LogP contribution in [0.2, 0.25) is 0 Å². The van der Waals surface area contributed by atoms with Gasteiger partial charge in [0, 0.05) is 16.8 Å². The maximum atomic E-state index is 13.9. The molecule has 4 aromatic rings. The van der Waals surface area contributed by atoms with Gasteiger partial charge in [0.05, 0.1) is 29.3 Å². The van der Waals surface area contributed by atoms with Crippen LogP contribution in [0.5, 0.6) is 0 Å². The number of benzene rings is 2. The summed E-state index contributed by atoms with van der Waals surface area (Å²) in [6.07, 6.45) is 0. The minimum Gasteiger partial charge on any atom is -0.287 e. The van der Waals surface area contributed by atoms with E-state index in [1.807, 2.05) is 6.07 Å². The van der Waals surface area contributed by atoms with Crippen molar-refractivity contribution < 1.29 is 14.4 Å². The molecule has 0 saturated heterocycles. The highest BCUT2D eigenvalue weighted by Crippen LogP contribution is 2.28. The number of fused-ring (bicyclic) bond motifs is 1. The van der Waals surface area contributed by atoms with Gasteiger partial charge in [0.1, 0.15) is 11.5 Å². The van der Waals surface area contributed by atoms with Crippen LogP contribution in [0, 0.1) is 25.2 Å². The number of amides is 2. The number of H-pyrrole nitrogens is 1. The molecule has 41 heavy (non-hydrogen) atoms. The first-order chi connectivity index (χ1) is 19.5. The predicted molar refractivity (Wildman–Crippen MR) is 150 cm³/mol. The van der Waals surface area contributed by atoms with Gasteiger partial charge in [-0.25, -0.2) is 14.7 Å². The topological polar surface area (TPSA) is 146 Å². The number of carbonyl (C=O) groups excluding carboxylic acids is 3. The highest BCUT2D eigenvalue weighted by Gasteiger charge is 2.37. The van der Waals surface area contributed by atoms with Crippen LogP contribution in [0.15, 0.2) is 64.2 Å². The number of pyridine rings is 1. The number of aryl methyl sites for hydroxylation is 2. The fourth-order valence-electron chi connectivity index (χ4n) is 5.14. The highest BCUT2D eigenvalue weighted by molar-refractivity contribution is 6.34. The second kappa shape index (κ2) is 10.3. The van der Waals surface area contributed by atoms with Crippen molar-refractivity contribution >= 4 is 23.4 Å². The first kappa shape index (κ1) is 27.1. The van der Waals surface area contributed by atoms with E-state index in [-0.39, 0.29) is 45.9 Å². The summed E-state index contributed by atoms with van der Waals surface area (Å²) in [6, 6.07) is 16.3. The largest absolute Gasteiger partial charge is 0.329 e. The van der Waals surface area contributed by atoms with Crippen molar-refractivity contribution in [3.8, 4) is 6.07 Å². The van der Waals surface area contributed by atoms with Crippen molar-refractivity contribution in [1.29, 1.82) is 5.26 Å². The summed E-state index contributed by atoms with van der Waals surface area (Å²) in [4.78, 5) is 73.9. The van der Waals surface area contributed by atoms with Gasteiger partial charge in [-0.1, -0.05) is 26.0 Å². The molecule has 2 aromatic carbocycles. The zero-order valence-electron chi connectivity index (χ0n) is 22.8. The minimum absolute atomic E-state index is 0.0815. The first-order valence-corrected chi connectivity index (χ1v) is 12.9. The standard InChI is InChI=1S/C31H25N5O5/c1-16(2)25-26(27(37)21-10-17(3)9-19(12-21)14-32)35(31(41)34-28(25)38)15-20-11-18(4)33-24(13-20)36-29(39)22-7-5-6-8-23(22)30(36)40/h5-13,16H,15H2,1-4H3,(H,34,38,41). The van der Waals surface area contributed by atoms with E-state index in [2.05, 4.69) is 9.97 Å². The number of nitriles is 1.